The van der Waals surface area contributed by atoms with Crippen LogP contribution < -0.4 is 10.9 Å². The molecular weight excluding hydrogens is 220 g/mol. The molecule has 0 aliphatic carbocycles. The van der Waals surface area contributed by atoms with E-state index in [0.717, 1.165) is 11.3 Å². The normalized spacial score (nSPS) is 10.8. The van der Waals surface area contributed by atoms with Gasteiger partial charge in [0.1, 0.15) is 0 Å². The minimum Gasteiger partial charge on any atom is -0.314 e. The number of aryl methyl sites for hydroxylation is 1. The molecule has 0 spiro atoms. The van der Waals surface area contributed by atoms with E-state index >= 15 is 0 Å². The van der Waals surface area contributed by atoms with Crippen molar-refractivity contribution in [3.05, 3.63) is 65.2 Å². The van der Waals surface area contributed by atoms with Crippen LogP contribution in [0.4, 0.5) is 5.69 Å². The van der Waals surface area contributed by atoms with Crippen molar-refractivity contribution in [3.8, 4) is 0 Å². The average molecular weight is 238 g/mol. The molecule has 0 fully saturated rings. The maximum Gasteiger partial charge on any atom is 0.0588 e. The molecule has 0 aliphatic rings. The number of benzene rings is 2. The van der Waals surface area contributed by atoms with Gasteiger partial charge in [-0.15, -0.1) is 0 Å². The van der Waals surface area contributed by atoms with Gasteiger partial charge < -0.3 is 5.01 Å². The van der Waals surface area contributed by atoms with Crippen LogP contribution in [0.5, 0.6) is 0 Å². The van der Waals surface area contributed by atoms with E-state index in [1.165, 1.54) is 11.1 Å². The van der Waals surface area contributed by atoms with Crippen LogP contribution in [-0.2, 0) is 0 Å². The summed E-state index contributed by atoms with van der Waals surface area (Å²) in [6, 6.07) is 16.4. The van der Waals surface area contributed by atoms with Crippen molar-refractivity contribution in [2.75, 3.05) is 12.1 Å². The third-order valence-electron chi connectivity index (χ3n) is 2.92. The molecular formula is C16H18N2. The first kappa shape index (κ1) is 12.4. The SMILES string of the molecule is Cc1cccc(N(C)N)c1/C=C/c1ccccc1. The number of nitrogens with zero attached hydrogens (tertiary/aromatic N) is 1. The number of rotatable bonds is 3. The molecule has 0 unspecified atom stereocenters. The zero-order chi connectivity index (χ0) is 13.0. The molecule has 0 aromatic heterocycles. The highest BCUT2D eigenvalue weighted by Crippen LogP contribution is 2.23. The molecule has 0 aliphatic heterocycles. The fourth-order valence-electron chi connectivity index (χ4n) is 1.93. The van der Waals surface area contributed by atoms with Crippen molar-refractivity contribution in [3.63, 3.8) is 0 Å². The van der Waals surface area contributed by atoms with E-state index in [2.05, 4.69) is 37.3 Å². The number of hydrogen-bond donors (Lipinski definition) is 1. The van der Waals surface area contributed by atoms with Crippen LogP contribution in [0.15, 0.2) is 48.5 Å². The molecule has 2 N–H and O–H groups in total. The highest BCUT2D eigenvalue weighted by molar-refractivity contribution is 5.78. The van der Waals surface area contributed by atoms with Gasteiger partial charge in [0, 0.05) is 12.6 Å². The molecule has 0 bridgehead atoms. The summed E-state index contributed by atoms with van der Waals surface area (Å²) < 4.78 is 0. The Morgan fingerprint density at radius 1 is 0.944 bits per heavy atom. The molecule has 0 heterocycles. The lowest BCUT2D eigenvalue weighted by molar-refractivity contribution is 1.01. The van der Waals surface area contributed by atoms with Crippen LogP contribution in [0.1, 0.15) is 16.7 Å². The van der Waals surface area contributed by atoms with E-state index in [1.54, 1.807) is 5.01 Å². The lowest BCUT2D eigenvalue weighted by Gasteiger charge is -2.16. The zero-order valence-electron chi connectivity index (χ0n) is 10.8. The first-order valence-corrected chi connectivity index (χ1v) is 5.99. The van der Waals surface area contributed by atoms with Gasteiger partial charge >= 0.3 is 0 Å². The molecule has 0 radical (unpaired) electrons. The molecule has 0 saturated carbocycles. The first-order chi connectivity index (χ1) is 8.68. The second-order valence-corrected chi connectivity index (χ2v) is 4.36. The summed E-state index contributed by atoms with van der Waals surface area (Å²) in [6.07, 6.45) is 4.22. The van der Waals surface area contributed by atoms with Crippen LogP contribution in [0.25, 0.3) is 12.2 Å². The van der Waals surface area contributed by atoms with Crippen molar-refractivity contribution in [1.29, 1.82) is 0 Å². The molecule has 92 valence electrons. The molecule has 2 aromatic rings. The monoisotopic (exact) mass is 238 g/mol. The third-order valence-corrected chi connectivity index (χ3v) is 2.92. The van der Waals surface area contributed by atoms with Crippen molar-refractivity contribution in [1.82, 2.24) is 0 Å². The largest absolute Gasteiger partial charge is 0.314 e. The van der Waals surface area contributed by atoms with Gasteiger partial charge in [0.15, 0.2) is 0 Å². The minimum atomic E-state index is 1.03. The summed E-state index contributed by atoms with van der Waals surface area (Å²) in [5.74, 6) is 5.85. The fourth-order valence-corrected chi connectivity index (χ4v) is 1.93. The molecule has 2 nitrogen and oxygen atoms in total. The predicted octanol–water partition coefficient (Wildman–Crippen LogP) is 3.48. The van der Waals surface area contributed by atoms with Crippen molar-refractivity contribution in [2.45, 2.75) is 6.92 Å². The van der Waals surface area contributed by atoms with Crippen molar-refractivity contribution in [2.24, 2.45) is 5.84 Å². The first-order valence-electron chi connectivity index (χ1n) is 5.99. The Hall–Kier alpha value is -2.06. The van der Waals surface area contributed by atoms with Gasteiger partial charge in [-0.2, -0.15) is 0 Å². The summed E-state index contributed by atoms with van der Waals surface area (Å²) >= 11 is 0. The number of hydrogen-bond acceptors (Lipinski definition) is 2. The Bertz CT molecular complexity index is 542. The Labute approximate surface area is 108 Å². The third kappa shape index (κ3) is 2.79. The Kier molecular flexibility index (Phi) is 3.80. The predicted molar refractivity (Wildman–Crippen MR) is 79.1 cm³/mol. The maximum absolute atomic E-state index is 5.85. The number of anilines is 1. The smallest absolute Gasteiger partial charge is 0.0588 e. The van der Waals surface area contributed by atoms with Gasteiger partial charge in [-0.1, -0.05) is 54.6 Å². The fraction of sp³-hybridized carbons (Fsp3) is 0.125. The van der Waals surface area contributed by atoms with Crippen LogP contribution >= 0.6 is 0 Å². The van der Waals surface area contributed by atoms with Crippen LogP contribution in [0.3, 0.4) is 0 Å². The van der Waals surface area contributed by atoms with Gasteiger partial charge in [0.05, 0.1) is 5.69 Å². The topological polar surface area (TPSA) is 29.3 Å². The molecule has 18 heavy (non-hydrogen) atoms. The van der Waals surface area contributed by atoms with E-state index in [9.17, 15) is 0 Å². The van der Waals surface area contributed by atoms with Gasteiger partial charge in [-0.05, 0) is 24.1 Å². The summed E-state index contributed by atoms with van der Waals surface area (Å²) in [4.78, 5) is 0. The summed E-state index contributed by atoms with van der Waals surface area (Å²) in [5.41, 5.74) is 4.59. The van der Waals surface area contributed by atoms with E-state index in [1.807, 2.05) is 37.4 Å². The summed E-state index contributed by atoms with van der Waals surface area (Å²) in [5, 5.41) is 1.65. The van der Waals surface area contributed by atoms with Gasteiger partial charge in [0.25, 0.3) is 0 Å². The van der Waals surface area contributed by atoms with Crippen LogP contribution in [-0.4, -0.2) is 7.05 Å². The Morgan fingerprint density at radius 3 is 2.33 bits per heavy atom. The average Bonchev–Trinajstić information content (AvgIpc) is 2.38. The molecule has 2 rings (SSSR count). The van der Waals surface area contributed by atoms with E-state index < -0.39 is 0 Å². The van der Waals surface area contributed by atoms with Crippen molar-refractivity contribution < 1.29 is 0 Å². The molecule has 0 amide bonds. The summed E-state index contributed by atoms with van der Waals surface area (Å²) in [6.45, 7) is 2.09. The van der Waals surface area contributed by atoms with Gasteiger partial charge in [-0.25, -0.2) is 5.84 Å². The minimum absolute atomic E-state index is 1.03. The molecule has 0 atom stereocenters. The highest BCUT2D eigenvalue weighted by atomic mass is 15.4. The zero-order valence-corrected chi connectivity index (χ0v) is 10.8. The lowest BCUT2D eigenvalue weighted by atomic mass is 10.0. The second kappa shape index (κ2) is 5.52. The lowest BCUT2D eigenvalue weighted by Crippen LogP contribution is -2.25. The standard InChI is InChI=1S/C16H18N2/c1-13-7-6-10-16(18(2)17)15(13)12-11-14-8-4-3-5-9-14/h3-12H,17H2,1-2H3/b12-11+. The van der Waals surface area contributed by atoms with E-state index in [4.69, 9.17) is 5.84 Å². The molecule has 2 heteroatoms. The van der Waals surface area contributed by atoms with Crippen LogP contribution in [0.2, 0.25) is 0 Å². The Balaban J connectivity index is 2.37. The van der Waals surface area contributed by atoms with Gasteiger partial charge in [-0.3, -0.25) is 0 Å². The van der Waals surface area contributed by atoms with E-state index in [-0.39, 0.29) is 0 Å². The number of nitrogens with two attached hydrogens (primary N) is 1. The highest BCUT2D eigenvalue weighted by Gasteiger charge is 2.04. The van der Waals surface area contributed by atoms with Crippen LogP contribution in [0, 0.1) is 6.92 Å². The summed E-state index contributed by atoms with van der Waals surface area (Å²) in [7, 11) is 1.86. The maximum atomic E-state index is 5.85. The van der Waals surface area contributed by atoms with E-state index in [0.29, 0.717) is 0 Å². The van der Waals surface area contributed by atoms with Crippen molar-refractivity contribution >= 4 is 17.8 Å². The quantitative estimate of drug-likeness (QED) is 0.504. The Morgan fingerprint density at radius 2 is 1.67 bits per heavy atom. The molecule has 2 aromatic carbocycles. The molecule has 0 saturated heterocycles. The van der Waals surface area contributed by atoms with Gasteiger partial charge in [0.2, 0.25) is 0 Å². The number of hydrazine groups is 1. The second-order valence-electron chi connectivity index (χ2n) is 4.36.